The fraction of sp³-hybridized carbons (Fsp3) is 0.250. The molecule has 0 bridgehead atoms. The normalized spacial score (nSPS) is 15.8. The van der Waals surface area contributed by atoms with Crippen LogP contribution in [-0.2, 0) is 6.67 Å². The molecule has 1 fully saturated rings. The van der Waals surface area contributed by atoms with Crippen LogP contribution in [-0.4, -0.2) is 50.2 Å². The summed E-state index contributed by atoms with van der Waals surface area (Å²) < 4.78 is 4.65. The number of piperazine rings is 1. The van der Waals surface area contributed by atoms with Gasteiger partial charge in [0.25, 0.3) is 0 Å². The molecule has 1 aliphatic rings. The van der Waals surface area contributed by atoms with Crippen molar-refractivity contribution in [1.82, 2.24) is 24.0 Å². The van der Waals surface area contributed by atoms with Gasteiger partial charge in [-0.15, -0.1) is 0 Å². The molecule has 0 radical (unpaired) electrons. The second kappa shape index (κ2) is 8.52. The zero-order valence-corrected chi connectivity index (χ0v) is 17.7. The monoisotopic (exact) mass is 415 g/mol. The van der Waals surface area contributed by atoms with E-state index < -0.39 is 0 Å². The van der Waals surface area contributed by atoms with Crippen molar-refractivity contribution in [2.24, 2.45) is 0 Å². The van der Waals surface area contributed by atoms with Crippen LogP contribution >= 0.6 is 12.2 Å². The molecule has 0 unspecified atom stereocenters. The minimum Gasteiger partial charge on any atom is -0.290 e. The van der Waals surface area contributed by atoms with Crippen LogP contribution in [0.3, 0.4) is 0 Å². The van der Waals surface area contributed by atoms with E-state index in [1.165, 1.54) is 11.1 Å². The van der Waals surface area contributed by atoms with Gasteiger partial charge < -0.3 is 0 Å². The fourth-order valence-electron chi connectivity index (χ4n) is 4.30. The molecule has 0 spiro atoms. The molecule has 0 atom stereocenters. The highest BCUT2D eigenvalue weighted by Gasteiger charge is 2.26. The summed E-state index contributed by atoms with van der Waals surface area (Å²) in [5.74, 6) is 0. The number of hydrogen-bond acceptors (Lipinski definition) is 4. The van der Waals surface area contributed by atoms with E-state index in [2.05, 4.69) is 75.6 Å². The summed E-state index contributed by atoms with van der Waals surface area (Å²) in [5, 5.41) is 4.68. The predicted octanol–water partition coefficient (Wildman–Crippen LogP) is 4.23. The fourth-order valence-corrected chi connectivity index (χ4v) is 4.55. The molecule has 30 heavy (non-hydrogen) atoms. The lowest BCUT2D eigenvalue weighted by Crippen LogP contribution is -2.48. The Balaban J connectivity index is 1.32. The number of nitrogens with zero attached hydrogens (tertiary/aromatic N) is 5. The van der Waals surface area contributed by atoms with Crippen molar-refractivity contribution in [3.05, 3.63) is 101 Å². The lowest BCUT2D eigenvalue weighted by molar-refractivity contribution is 0.0845. The van der Waals surface area contributed by atoms with Crippen LogP contribution in [0, 0.1) is 4.77 Å². The van der Waals surface area contributed by atoms with Crippen molar-refractivity contribution in [3.63, 3.8) is 0 Å². The number of fused-ring (bicyclic) bond motifs is 1. The van der Waals surface area contributed by atoms with Gasteiger partial charge in [-0.2, -0.15) is 5.10 Å². The van der Waals surface area contributed by atoms with Gasteiger partial charge in [-0.1, -0.05) is 66.7 Å². The largest absolute Gasteiger partial charge is 0.290 e. The van der Waals surface area contributed by atoms with Gasteiger partial charge >= 0.3 is 0 Å². The minimum absolute atomic E-state index is 0.284. The molecule has 3 heterocycles. The molecule has 4 aromatic rings. The average Bonchev–Trinajstić information content (AvgIpc) is 3.12. The Hall–Kier alpha value is -2.80. The molecule has 6 heteroatoms. The highest BCUT2D eigenvalue weighted by atomic mass is 32.1. The standard InChI is InChI=1S/C24H25N5S/c30-24-28-14-8-7-13-22(28)25-29(24)19-26-15-17-27(18-16-26)23(20-9-3-1-4-10-20)21-11-5-2-6-12-21/h1-14,23H,15-19H2. The van der Waals surface area contributed by atoms with Gasteiger partial charge in [0.15, 0.2) is 5.65 Å². The molecule has 0 aliphatic carbocycles. The lowest BCUT2D eigenvalue weighted by atomic mass is 9.96. The van der Waals surface area contributed by atoms with Crippen LogP contribution in [0.2, 0.25) is 0 Å². The summed E-state index contributed by atoms with van der Waals surface area (Å²) in [7, 11) is 0. The second-order valence-electron chi connectivity index (χ2n) is 7.73. The minimum atomic E-state index is 0.284. The zero-order valence-electron chi connectivity index (χ0n) is 16.8. The summed E-state index contributed by atoms with van der Waals surface area (Å²) in [5.41, 5.74) is 3.59. The maximum atomic E-state index is 5.61. The first-order chi connectivity index (χ1) is 14.8. The van der Waals surface area contributed by atoms with E-state index in [9.17, 15) is 0 Å². The van der Waals surface area contributed by atoms with Gasteiger partial charge in [0.1, 0.15) is 0 Å². The molecule has 0 N–H and O–H groups in total. The van der Waals surface area contributed by atoms with Crippen LogP contribution in [0.25, 0.3) is 5.65 Å². The zero-order chi connectivity index (χ0) is 20.3. The van der Waals surface area contributed by atoms with E-state index in [1.54, 1.807) is 0 Å². The van der Waals surface area contributed by atoms with Crippen molar-refractivity contribution in [2.75, 3.05) is 26.2 Å². The van der Waals surface area contributed by atoms with Crippen LogP contribution in [0.4, 0.5) is 0 Å². The highest BCUT2D eigenvalue weighted by Crippen LogP contribution is 2.29. The first-order valence-corrected chi connectivity index (χ1v) is 10.8. The predicted molar refractivity (Wildman–Crippen MR) is 122 cm³/mol. The second-order valence-corrected chi connectivity index (χ2v) is 8.10. The summed E-state index contributed by atoms with van der Waals surface area (Å²) >= 11 is 5.61. The smallest absolute Gasteiger partial charge is 0.203 e. The van der Waals surface area contributed by atoms with Crippen molar-refractivity contribution >= 4 is 17.9 Å². The molecule has 5 nitrogen and oxygen atoms in total. The number of pyridine rings is 1. The van der Waals surface area contributed by atoms with Crippen molar-refractivity contribution in [3.8, 4) is 0 Å². The van der Waals surface area contributed by atoms with Crippen LogP contribution in [0.1, 0.15) is 17.2 Å². The van der Waals surface area contributed by atoms with Gasteiger partial charge in [-0.25, -0.2) is 4.68 Å². The van der Waals surface area contributed by atoms with Crippen LogP contribution < -0.4 is 0 Å². The summed E-state index contributed by atoms with van der Waals surface area (Å²) in [6, 6.07) is 27.9. The molecule has 1 aliphatic heterocycles. The van der Waals surface area contributed by atoms with E-state index >= 15 is 0 Å². The molecule has 2 aromatic heterocycles. The van der Waals surface area contributed by atoms with Crippen molar-refractivity contribution in [2.45, 2.75) is 12.7 Å². The van der Waals surface area contributed by atoms with E-state index in [0.717, 1.165) is 43.3 Å². The molecule has 5 rings (SSSR count). The Bertz CT molecular complexity index is 1120. The average molecular weight is 416 g/mol. The maximum Gasteiger partial charge on any atom is 0.203 e. The Morgan fingerprint density at radius 3 is 1.97 bits per heavy atom. The first kappa shape index (κ1) is 19.2. The Morgan fingerprint density at radius 1 is 0.767 bits per heavy atom. The van der Waals surface area contributed by atoms with E-state index in [1.807, 2.05) is 33.5 Å². The number of aromatic nitrogens is 3. The molecule has 2 aromatic carbocycles. The summed E-state index contributed by atoms with van der Waals surface area (Å²) in [6.07, 6.45) is 1.98. The topological polar surface area (TPSA) is 28.7 Å². The number of hydrogen-bond donors (Lipinski definition) is 0. The van der Waals surface area contributed by atoms with Crippen molar-refractivity contribution in [1.29, 1.82) is 0 Å². The van der Waals surface area contributed by atoms with Crippen LogP contribution in [0.5, 0.6) is 0 Å². The van der Waals surface area contributed by atoms with Gasteiger partial charge in [0.05, 0.1) is 12.7 Å². The Labute approximate surface area is 181 Å². The number of rotatable bonds is 5. The molecule has 1 saturated heterocycles. The van der Waals surface area contributed by atoms with Crippen LogP contribution in [0.15, 0.2) is 85.1 Å². The lowest BCUT2D eigenvalue weighted by Gasteiger charge is -2.39. The summed E-state index contributed by atoms with van der Waals surface area (Å²) in [6.45, 7) is 4.73. The quantitative estimate of drug-likeness (QED) is 0.456. The first-order valence-electron chi connectivity index (χ1n) is 10.4. The summed E-state index contributed by atoms with van der Waals surface area (Å²) in [4.78, 5) is 5.02. The number of benzene rings is 2. The third-order valence-corrected chi connectivity index (χ3v) is 6.23. The van der Waals surface area contributed by atoms with E-state index in [-0.39, 0.29) is 6.04 Å². The Morgan fingerprint density at radius 2 is 1.37 bits per heavy atom. The van der Waals surface area contributed by atoms with Gasteiger partial charge in [0.2, 0.25) is 4.77 Å². The third kappa shape index (κ3) is 3.81. The maximum absolute atomic E-state index is 5.61. The Kier molecular flexibility index (Phi) is 5.45. The SMILES string of the molecule is S=c1n(CN2CCN(C(c3ccccc3)c3ccccc3)CC2)nc2ccccn12. The third-order valence-electron chi connectivity index (χ3n) is 5.83. The van der Waals surface area contributed by atoms with Crippen molar-refractivity contribution < 1.29 is 0 Å². The van der Waals surface area contributed by atoms with Gasteiger partial charge in [-0.05, 0) is 35.5 Å². The molecular formula is C24H25N5S. The molecule has 0 amide bonds. The molecule has 0 saturated carbocycles. The highest BCUT2D eigenvalue weighted by molar-refractivity contribution is 7.71. The molecule has 152 valence electrons. The van der Waals surface area contributed by atoms with E-state index in [0.29, 0.717) is 0 Å². The van der Waals surface area contributed by atoms with E-state index in [4.69, 9.17) is 12.2 Å². The van der Waals surface area contributed by atoms with Gasteiger partial charge in [-0.3, -0.25) is 14.2 Å². The molecular weight excluding hydrogens is 390 g/mol. The van der Waals surface area contributed by atoms with Gasteiger partial charge in [0, 0.05) is 32.4 Å².